The largest absolute Gasteiger partial charge is 0.496 e. The SMILES string of the molecule is COc1ccc(Br)cc1C1NC(CC(=O)O)(C(=O)O)C2C(=O)N(C(C)(C)C)C(=O)C12. The molecule has 2 aliphatic rings. The first-order chi connectivity index (χ1) is 13.8. The number of halogens is 1. The lowest BCUT2D eigenvalue weighted by Crippen LogP contribution is -2.58. The average Bonchev–Trinajstić information content (AvgIpc) is 3.09. The highest BCUT2D eigenvalue weighted by Gasteiger charge is 2.70. The van der Waals surface area contributed by atoms with Gasteiger partial charge in [0.25, 0.3) is 0 Å². The fourth-order valence-corrected chi connectivity index (χ4v) is 4.93. The molecule has 0 saturated carbocycles. The number of ether oxygens (including phenoxy) is 1. The summed E-state index contributed by atoms with van der Waals surface area (Å²) in [4.78, 5) is 51.7. The fourth-order valence-electron chi connectivity index (χ4n) is 4.55. The van der Waals surface area contributed by atoms with E-state index in [0.717, 1.165) is 4.90 Å². The highest BCUT2D eigenvalue weighted by atomic mass is 79.9. The maximum Gasteiger partial charge on any atom is 0.325 e. The zero-order valence-electron chi connectivity index (χ0n) is 16.9. The number of nitrogens with one attached hydrogen (secondary N) is 1. The van der Waals surface area contributed by atoms with E-state index in [9.17, 15) is 29.4 Å². The van der Waals surface area contributed by atoms with Gasteiger partial charge in [0, 0.05) is 21.6 Å². The van der Waals surface area contributed by atoms with E-state index in [2.05, 4.69) is 21.2 Å². The number of amides is 2. The maximum absolute atomic E-state index is 13.4. The van der Waals surface area contributed by atoms with Crippen LogP contribution in [-0.2, 0) is 19.2 Å². The van der Waals surface area contributed by atoms with Gasteiger partial charge in [-0.3, -0.25) is 29.4 Å². The number of nitrogens with zero attached hydrogens (tertiary/aromatic N) is 1. The predicted octanol–water partition coefficient (Wildman–Crippen LogP) is 1.80. The molecule has 2 amide bonds. The van der Waals surface area contributed by atoms with Gasteiger partial charge in [0.15, 0.2) is 0 Å². The highest BCUT2D eigenvalue weighted by molar-refractivity contribution is 9.10. The molecule has 1 aromatic carbocycles. The van der Waals surface area contributed by atoms with Gasteiger partial charge in [0.2, 0.25) is 11.8 Å². The molecule has 0 bridgehead atoms. The van der Waals surface area contributed by atoms with Gasteiger partial charge < -0.3 is 14.9 Å². The molecule has 3 N–H and O–H groups in total. The Morgan fingerprint density at radius 1 is 1.23 bits per heavy atom. The molecule has 0 aliphatic carbocycles. The lowest BCUT2D eigenvalue weighted by Gasteiger charge is -2.34. The summed E-state index contributed by atoms with van der Waals surface area (Å²) in [6.07, 6.45) is -0.854. The number of hydrogen-bond acceptors (Lipinski definition) is 6. The van der Waals surface area contributed by atoms with Gasteiger partial charge in [0.1, 0.15) is 11.3 Å². The van der Waals surface area contributed by atoms with Crippen LogP contribution in [0.15, 0.2) is 22.7 Å². The minimum absolute atomic E-state index is 0.389. The monoisotopic (exact) mass is 482 g/mol. The summed E-state index contributed by atoms with van der Waals surface area (Å²) >= 11 is 3.36. The minimum Gasteiger partial charge on any atom is -0.496 e. The van der Waals surface area contributed by atoms with E-state index in [1.807, 2.05) is 0 Å². The number of aliphatic carboxylic acids is 2. The molecule has 2 heterocycles. The van der Waals surface area contributed by atoms with Gasteiger partial charge >= 0.3 is 11.9 Å². The molecule has 2 fully saturated rings. The van der Waals surface area contributed by atoms with Crippen LogP contribution in [-0.4, -0.2) is 57.1 Å². The summed E-state index contributed by atoms with van der Waals surface area (Å²) in [6, 6.07) is 4.11. The molecular formula is C20H23BrN2O7. The number of carboxylic acid groups (broad SMARTS) is 2. The van der Waals surface area contributed by atoms with Crippen molar-refractivity contribution in [3.8, 4) is 5.75 Å². The summed E-state index contributed by atoms with van der Waals surface area (Å²) in [5.41, 5.74) is -2.56. The Morgan fingerprint density at radius 3 is 2.37 bits per heavy atom. The van der Waals surface area contributed by atoms with Crippen LogP contribution in [0.3, 0.4) is 0 Å². The van der Waals surface area contributed by atoms with E-state index < -0.39 is 59.1 Å². The Labute approximate surface area is 181 Å². The topological polar surface area (TPSA) is 133 Å². The molecule has 30 heavy (non-hydrogen) atoms. The summed E-state index contributed by atoms with van der Waals surface area (Å²) in [5.74, 6) is -6.17. The number of carboxylic acids is 2. The van der Waals surface area contributed by atoms with E-state index in [1.54, 1.807) is 39.0 Å². The van der Waals surface area contributed by atoms with Gasteiger partial charge in [-0.2, -0.15) is 0 Å². The quantitative estimate of drug-likeness (QED) is 0.540. The smallest absolute Gasteiger partial charge is 0.325 e. The number of carbonyl (C=O) groups is 4. The first-order valence-corrected chi connectivity index (χ1v) is 10.1. The van der Waals surface area contributed by atoms with E-state index in [0.29, 0.717) is 15.8 Å². The second kappa shape index (κ2) is 7.35. The van der Waals surface area contributed by atoms with Crippen molar-refractivity contribution in [1.82, 2.24) is 10.2 Å². The highest BCUT2D eigenvalue weighted by Crippen LogP contribution is 2.52. The molecular weight excluding hydrogens is 460 g/mol. The molecule has 10 heteroatoms. The third kappa shape index (κ3) is 3.27. The maximum atomic E-state index is 13.4. The lowest BCUT2D eigenvalue weighted by atomic mass is 9.77. The van der Waals surface area contributed by atoms with Crippen LogP contribution < -0.4 is 10.1 Å². The van der Waals surface area contributed by atoms with Crippen molar-refractivity contribution in [2.75, 3.05) is 7.11 Å². The summed E-state index contributed by atoms with van der Waals surface area (Å²) in [6.45, 7) is 5.02. The van der Waals surface area contributed by atoms with E-state index >= 15 is 0 Å². The Morgan fingerprint density at radius 2 is 1.87 bits per heavy atom. The van der Waals surface area contributed by atoms with Crippen molar-refractivity contribution in [3.05, 3.63) is 28.2 Å². The number of fused-ring (bicyclic) bond motifs is 1. The molecule has 3 rings (SSSR count). The van der Waals surface area contributed by atoms with Crippen molar-refractivity contribution >= 4 is 39.7 Å². The second-order valence-electron chi connectivity index (χ2n) is 8.54. The van der Waals surface area contributed by atoms with Crippen LogP contribution >= 0.6 is 15.9 Å². The fraction of sp³-hybridized carbons (Fsp3) is 0.500. The van der Waals surface area contributed by atoms with Crippen LogP contribution in [0.2, 0.25) is 0 Å². The molecule has 9 nitrogen and oxygen atoms in total. The van der Waals surface area contributed by atoms with Gasteiger partial charge in [-0.1, -0.05) is 15.9 Å². The van der Waals surface area contributed by atoms with E-state index in [1.165, 1.54) is 7.11 Å². The zero-order chi connectivity index (χ0) is 22.6. The Bertz CT molecular complexity index is 942. The number of likely N-dealkylation sites (tertiary alicyclic amines) is 1. The summed E-state index contributed by atoms with van der Waals surface area (Å²) in [5, 5.41) is 22.3. The molecule has 0 radical (unpaired) electrons. The van der Waals surface area contributed by atoms with Crippen LogP contribution in [0.25, 0.3) is 0 Å². The molecule has 162 valence electrons. The van der Waals surface area contributed by atoms with Crippen LogP contribution in [0, 0.1) is 11.8 Å². The first-order valence-electron chi connectivity index (χ1n) is 9.29. The molecule has 2 saturated heterocycles. The number of rotatable bonds is 5. The Kier molecular flexibility index (Phi) is 5.44. The first kappa shape index (κ1) is 22.2. The normalized spacial score (nSPS) is 28.6. The van der Waals surface area contributed by atoms with Gasteiger partial charge in [-0.15, -0.1) is 0 Å². The van der Waals surface area contributed by atoms with Crippen molar-refractivity contribution in [2.24, 2.45) is 11.8 Å². The van der Waals surface area contributed by atoms with Crippen molar-refractivity contribution in [1.29, 1.82) is 0 Å². The lowest BCUT2D eigenvalue weighted by molar-refractivity contribution is -0.157. The van der Waals surface area contributed by atoms with Crippen LogP contribution in [0.5, 0.6) is 5.75 Å². The average molecular weight is 483 g/mol. The van der Waals surface area contributed by atoms with Crippen molar-refractivity contribution in [2.45, 2.75) is 44.3 Å². The summed E-state index contributed by atoms with van der Waals surface area (Å²) in [7, 11) is 1.43. The molecule has 0 spiro atoms. The van der Waals surface area contributed by atoms with Crippen molar-refractivity contribution < 1.29 is 34.1 Å². The standard InChI is InChI=1S/C20H23BrN2O7/c1-19(2,3)23-16(26)13-14(17(23)27)20(18(28)29,8-12(24)25)22-15(13)10-7-9(21)5-6-11(10)30-4/h5-7,13-15,22H,8H2,1-4H3,(H,24,25)(H,28,29). The van der Waals surface area contributed by atoms with Gasteiger partial charge in [0.05, 0.1) is 25.4 Å². The molecule has 2 aliphatic heterocycles. The third-order valence-corrected chi connectivity index (χ3v) is 6.16. The summed E-state index contributed by atoms with van der Waals surface area (Å²) < 4.78 is 6.05. The van der Waals surface area contributed by atoms with Crippen LogP contribution in [0.1, 0.15) is 38.8 Å². The second-order valence-corrected chi connectivity index (χ2v) is 9.46. The molecule has 4 atom stereocenters. The molecule has 4 unspecified atom stereocenters. The van der Waals surface area contributed by atoms with Gasteiger partial charge in [-0.05, 0) is 39.0 Å². The Hall–Kier alpha value is -2.46. The van der Waals surface area contributed by atoms with E-state index in [4.69, 9.17) is 4.74 Å². The number of imide groups is 1. The van der Waals surface area contributed by atoms with Crippen LogP contribution in [0.4, 0.5) is 0 Å². The molecule has 0 aromatic heterocycles. The Balaban J connectivity index is 2.26. The van der Waals surface area contributed by atoms with Gasteiger partial charge in [-0.25, -0.2) is 0 Å². The number of benzene rings is 1. The number of methoxy groups -OCH3 is 1. The molecule has 1 aromatic rings. The minimum atomic E-state index is -2.14. The van der Waals surface area contributed by atoms with E-state index in [-0.39, 0.29) is 0 Å². The third-order valence-electron chi connectivity index (χ3n) is 5.66. The number of carbonyl (C=O) groups excluding carboxylic acids is 2. The zero-order valence-corrected chi connectivity index (χ0v) is 18.5. The van der Waals surface area contributed by atoms with Crippen molar-refractivity contribution in [3.63, 3.8) is 0 Å². The number of hydrogen-bond donors (Lipinski definition) is 3. The predicted molar refractivity (Wildman–Crippen MR) is 108 cm³/mol.